The van der Waals surface area contributed by atoms with Gasteiger partial charge in [-0.25, -0.2) is 0 Å². The van der Waals surface area contributed by atoms with Crippen molar-refractivity contribution in [2.75, 3.05) is 6.54 Å². The van der Waals surface area contributed by atoms with Crippen LogP contribution in [0.4, 0.5) is 0 Å². The molecule has 0 bridgehead atoms. The second kappa shape index (κ2) is 3.79. The van der Waals surface area contributed by atoms with Crippen LogP contribution < -0.4 is 0 Å². The predicted octanol–water partition coefficient (Wildman–Crippen LogP) is 2.99. The highest BCUT2D eigenvalue weighted by molar-refractivity contribution is 6.09. The second-order valence-electron chi connectivity index (χ2n) is 3.93. The van der Waals surface area contributed by atoms with Gasteiger partial charge in [0.25, 0.3) is 0 Å². The molecule has 0 radical (unpaired) electrons. The van der Waals surface area contributed by atoms with Gasteiger partial charge in [-0.15, -0.1) is 0 Å². The van der Waals surface area contributed by atoms with E-state index in [1.54, 1.807) is 0 Å². The van der Waals surface area contributed by atoms with E-state index in [4.69, 9.17) is 0 Å². The van der Waals surface area contributed by atoms with E-state index in [1.165, 1.54) is 11.1 Å². The number of dihydropyridines is 1. The quantitative estimate of drug-likeness (QED) is 0.637. The molecule has 0 aliphatic carbocycles. The van der Waals surface area contributed by atoms with E-state index in [0.717, 1.165) is 12.3 Å². The summed E-state index contributed by atoms with van der Waals surface area (Å²) < 4.78 is 0. The van der Waals surface area contributed by atoms with Gasteiger partial charge in [0.2, 0.25) is 0 Å². The molecule has 0 amide bonds. The first-order valence-electron chi connectivity index (χ1n) is 5.05. The molecule has 1 aromatic rings. The van der Waals surface area contributed by atoms with Crippen molar-refractivity contribution in [1.29, 1.82) is 0 Å². The molecule has 1 heteroatoms. The number of benzene rings is 1. The summed E-state index contributed by atoms with van der Waals surface area (Å²) in [6.07, 6.45) is 4.35. The number of allylic oxidation sites excluding steroid dienone is 1. The van der Waals surface area contributed by atoms with E-state index >= 15 is 0 Å². The number of nitrogens with zero attached hydrogens (tertiary/aromatic N) is 1. The summed E-state index contributed by atoms with van der Waals surface area (Å²) in [5.41, 5.74) is 3.63. The van der Waals surface area contributed by atoms with Gasteiger partial charge in [0.1, 0.15) is 0 Å². The first-order chi connectivity index (χ1) is 6.75. The molecule has 1 unspecified atom stereocenters. The molecule has 0 fully saturated rings. The van der Waals surface area contributed by atoms with E-state index in [1.807, 2.05) is 0 Å². The first kappa shape index (κ1) is 9.20. The minimum atomic E-state index is 0.587. The van der Waals surface area contributed by atoms with Crippen LogP contribution in [-0.2, 0) is 0 Å². The lowest BCUT2D eigenvalue weighted by molar-refractivity contribution is 0.734. The number of hydrogen-bond acceptors (Lipinski definition) is 1. The van der Waals surface area contributed by atoms with Gasteiger partial charge in [-0.2, -0.15) is 0 Å². The number of aliphatic imine (C=N–C) groups is 1. The van der Waals surface area contributed by atoms with Crippen LogP contribution >= 0.6 is 0 Å². The average molecular weight is 185 g/mol. The van der Waals surface area contributed by atoms with Gasteiger partial charge in [-0.3, -0.25) is 4.99 Å². The molecule has 72 valence electrons. The number of hydrogen-bond donors (Lipinski definition) is 0. The highest BCUT2D eigenvalue weighted by Crippen LogP contribution is 2.11. The van der Waals surface area contributed by atoms with Crippen LogP contribution in [0.3, 0.4) is 0 Å². The van der Waals surface area contributed by atoms with Gasteiger partial charge in [-0.1, -0.05) is 42.8 Å². The van der Waals surface area contributed by atoms with E-state index in [0.29, 0.717) is 5.92 Å². The van der Waals surface area contributed by atoms with Crippen molar-refractivity contribution >= 4 is 5.71 Å². The van der Waals surface area contributed by atoms with Crippen LogP contribution in [0.25, 0.3) is 0 Å². The maximum atomic E-state index is 4.54. The molecule has 0 saturated carbocycles. The summed E-state index contributed by atoms with van der Waals surface area (Å²) in [6, 6.07) is 8.52. The second-order valence-corrected chi connectivity index (χ2v) is 3.93. The summed E-state index contributed by atoms with van der Waals surface area (Å²) in [7, 11) is 0. The van der Waals surface area contributed by atoms with Crippen LogP contribution in [0, 0.1) is 12.8 Å². The van der Waals surface area contributed by atoms with E-state index in [-0.39, 0.29) is 0 Å². The first-order valence-corrected chi connectivity index (χ1v) is 5.05. The molecule has 1 aromatic carbocycles. The fourth-order valence-corrected chi connectivity index (χ4v) is 1.52. The third-order valence-electron chi connectivity index (χ3n) is 2.48. The normalized spacial score (nSPS) is 20.7. The lowest BCUT2D eigenvalue weighted by Gasteiger charge is -2.11. The fourth-order valence-electron chi connectivity index (χ4n) is 1.52. The van der Waals surface area contributed by atoms with Crippen LogP contribution in [0.15, 0.2) is 41.4 Å². The monoisotopic (exact) mass is 185 g/mol. The van der Waals surface area contributed by atoms with Crippen LogP contribution in [0.5, 0.6) is 0 Å². The zero-order valence-corrected chi connectivity index (χ0v) is 8.70. The molecule has 1 aliphatic rings. The molecule has 1 atom stereocenters. The van der Waals surface area contributed by atoms with Crippen molar-refractivity contribution in [3.63, 3.8) is 0 Å². The Bertz CT molecular complexity index is 371. The Balaban J connectivity index is 2.24. The topological polar surface area (TPSA) is 12.4 Å². The molecule has 0 aromatic heterocycles. The Labute approximate surface area is 85.2 Å². The summed E-state index contributed by atoms with van der Waals surface area (Å²) in [4.78, 5) is 4.54. The van der Waals surface area contributed by atoms with Crippen LogP contribution in [-0.4, -0.2) is 12.3 Å². The molecule has 0 spiro atoms. The Kier molecular flexibility index (Phi) is 2.49. The summed E-state index contributed by atoms with van der Waals surface area (Å²) in [6.45, 7) is 5.20. The summed E-state index contributed by atoms with van der Waals surface area (Å²) in [5.74, 6) is 0.587. The average Bonchev–Trinajstić information content (AvgIpc) is 2.21. The van der Waals surface area contributed by atoms with Crippen molar-refractivity contribution in [3.05, 3.63) is 47.5 Å². The molecule has 0 N–H and O–H groups in total. The van der Waals surface area contributed by atoms with Gasteiger partial charge in [0, 0.05) is 6.54 Å². The van der Waals surface area contributed by atoms with Crippen LogP contribution in [0.2, 0.25) is 0 Å². The summed E-state index contributed by atoms with van der Waals surface area (Å²) >= 11 is 0. The number of rotatable bonds is 1. The Hall–Kier alpha value is -1.37. The molecule has 1 nitrogen and oxygen atoms in total. The fraction of sp³-hybridized carbons (Fsp3) is 0.308. The maximum absolute atomic E-state index is 4.54. The zero-order chi connectivity index (χ0) is 9.97. The largest absolute Gasteiger partial charge is 0.284 e. The molecule has 0 saturated heterocycles. The minimum absolute atomic E-state index is 0.587. The molecule has 1 heterocycles. The molecule has 2 rings (SSSR count). The maximum Gasteiger partial charge on any atom is 0.0643 e. The van der Waals surface area contributed by atoms with Gasteiger partial charge >= 0.3 is 0 Å². The lowest BCUT2D eigenvalue weighted by Crippen LogP contribution is -2.08. The Morgan fingerprint density at radius 1 is 1.21 bits per heavy atom. The molecular weight excluding hydrogens is 170 g/mol. The van der Waals surface area contributed by atoms with Gasteiger partial charge < -0.3 is 0 Å². The zero-order valence-electron chi connectivity index (χ0n) is 8.70. The third kappa shape index (κ3) is 1.92. The van der Waals surface area contributed by atoms with Crippen molar-refractivity contribution in [2.45, 2.75) is 13.8 Å². The predicted molar refractivity (Wildman–Crippen MR) is 60.9 cm³/mol. The highest BCUT2D eigenvalue weighted by atomic mass is 14.7. The van der Waals surface area contributed by atoms with Crippen molar-refractivity contribution < 1.29 is 0 Å². The van der Waals surface area contributed by atoms with Crippen molar-refractivity contribution in [3.8, 4) is 0 Å². The summed E-state index contributed by atoms with van der Waals surface area (Å²) in [5, 5.41) is 0. The SMILES string of the molecule is Cc1ccc(C2=NCC(C)C=C2)cc1. The van der Waals surface area contributed by atoms with E-state index < -0.39 is 0 Å². The van der Waals surface area contributed by atoms with Gasteiger partial charge in [0.05, 0.1) is 5.71 Å². The standard InChI is InChI=1S/C13H15N/c1-10-3-6-12(7-4-10)13-8-5-11(2)9-14-13/h3-8,11H,9H2,1-2H3. The van der Waals surface area contributed by atoms with Gasteiger partial charge in [0.15, 0.2) is 0 Å². The molecule has 1 aliphatic heterocycles. The van der Waals surface area contributed by atoms with Gasteiger partial charge in [-0.05, 0) is 24.5 Å². The minimum Gasteiger partial charge on any atom is -0.284 e. The number of aryl methyl sites for hydroxylation is 1. The van der Waals surface area contributed by atoms with Crippen molar-refractivity contribution in [1.82, 2.24) is 0 Å². The molecule has 14 heavy (non-hydrogen) atoms. The smallest absolute Gasteiger partial charge is 0.0643 e. The molecular formula is C13H15N. The third-order valence-corrected chi connectivity index (χ3v) is 2.48. The lowest BCUT2D eigenvalue weighted by atomic mass is 10.0. The van der Waals surface area contributed by atoms with Crippen molar-refractivity contribution in [2.24, 2.45) is 10.9 Å². The Morgan fingerprint density at radius 2 is 1.93 bits per heavy atom. The Morgan fingerprint density at radius 3 is 2.50 bits per heavy atom. The van der Waals surface area contributed by atoms with E-state index in [2.05, 4.69) is 55.3 Å². The van der Waals surface area contributed by atoms with Crippen LogP contribution in [0.1, 0.15) is 18.1 Å². The van der Waals surface area contributed by atoms with E-state index in [9.17, 15) is 0 Å². The highest BCUT2D eigenvalue weighted by Gasteiger charge is 2.06.